The Bertz CT molecular complexity index is 1240. The van der Waals surface area contributed by atoms with Crippen LogP contribution in [0.25, 0.3) is 0 Å². The standard InChI is InChI=1S/C23H28ClN3O5S2/c24-22-6-2-1-5-19(22)17-33(29,30)26-15-11-18(12-16-26)23(28)25-20-7-9-21(10-8-20)34(31,32)27-13-3-4-14-27/h1-2,5-10,18H,3-4,11-17H2,(H,25,28). The molecule has 11 heteroatoms. The van der Waals surface area contributed by atoms with E-state index >= 15 is 0 Å². The molecule has 2 aliphatic rings. The van der Waals surface area contributed by atoms with E-state index in [0.29, 0.717) is 42.2 Å². The quantitative estimate of drug-likeness (QED) is 0.597. The summed E-state index contributed by atoms with van der Waals surface area (Å²) >= 11 is 6.11. The molecule has 1 N–H and O–H groups in total. The molecule has 2 aromatic carbocycles. The number of carbonyl (C=O) groups excluding carboxylic acids is 1. The Labute approximate surface area is 206 Å². The Hall–Kier alpha value is -1.98. The highest BCUT2D eigenvalue weighted by Crippen LogP contribution is 2.26. The summed E-state index contributed by atoms with van der Waals surface area (Å²) in [6.07, 6.45) is 2.56. The minimum atomic E-state index is -3.54. The van der Waals surface area contributed by atoms with Gasteiger partial charge in [0.25, 0.3) is 0 Å². The van der Waals surface area contributed by atoms with E-state index in [1.54, 1.807) is 36.4 Å². The molecule has 184 valence electrons. The van der Waals surface area contributed by atoms with Gasteiger partial charge in [0.05, 0.1) is 10.6 Å². The van der Waals surface area contributed by atoms with Crippen LogP contribution in [-0.2, 0) is 30.6 Å². The van der Waals surface area contributed by atoms with Crippen molar-refractivity contribution in [2.45, 2.75) is 36.3 Å². The number of benzene rings is 2. The molecule has 0 spiro atoms. The first-order chi connectivity index (χ1) is 16.2. The number of amides is 1. The van der Waals surface area contributed by atoms with Gasteiger partial charge >= 0.3 is 0 Å². The smallest absolute Gasteiger partial charge is 0.243 e. The Balaban J connectivity index is 1.32. The van der Waals surface area contributed by atoms with E-state index < -0.39 is 20.0 Å². The van der Waals surface area contributed by atoms with Gasteiger partial charge in [0.1, 0.15) is 0 Å². The van der Waals surface area contributed by atoms with Crippen LogP contribution in [0.15, 0.2) is 53.4 Å². The molecule has 0 radical (unpaired) electrons. The van der Waals surface area contributed by atoms with Crippen molar-refractivity contribution in [2.75, 3.05) is 31.5 Å². The first-order valence-electron chi connectivity index (χ1n) is 11.3. The summed E-state index contributed by atoms with van der Waals surface area (Å²) in [6.45, 7) is 1.59. The lowest BCUT2D eigenvalue weighted by Crippen LogP contribution is -2.41. The third-order valence-electron chi connectivity index (χ3n) is 6.34. The number of anilines is 1. The molecule has 2 aliphatic heterocycles. The van der Waals surface area contributed by atoms with E-state index in [4.69, 9.17) is 11.6 Å². The van der Waals surface area contributed by atoms with Crippen molar-refractivity contribution in [2.24, 2.45) is 5.92 Å². The number of piperidine rings is 1. The highest BCUT2D eigenvalue weighted by atomic mass is 35.5. The molecule has 2 saturated heterocycles. The first kappa shape index (κ1) is 25.1. The zero-order valence-corrected chi connectivity index (χ0v) is 21.1. The third kappa shape index (κ3) is 5.63. The van der Waals surface area contributed by atoms with Crippen molar-refractivity contribution >= 4 is 43.2 Å². The zero-order chi connectivity index (χ0) is 24.3. The van der Waals surface area contributed by atoms with E-state index in [1.165, 1.54) is 20.7 Å². The van der Waals surface area contributed by atoms with Gasteiger partial charge in [-0.3, -0.25) is 4.79 Å². The summed E-state index contributed by atoms with van der Waals surface area (Å²) in [5.74, 6) is -0.686. The van der Waals surface area contributed by atoms with Crippen molar-refractivity contribution in [3.63, 3.8) is 0 Å². The van der Waals surface area contributed by atoms with Gasteiger partial charge in [0.15, 0.2) is 0 Å². The molecule has 8 nitrogen and oxygen atoms in total. The number of carbonyl (C=O) groups is 1. The number of hydrogen-bond donors (Lipinski definition) is 1. The molecular formula is C23H28ClN3O5S2. The molecule has 0 atom stereocenters. The number of nitrogens with zero attached hydrogens (tertiary/aromatic N) is 2. The largest absolute Gasteiger partial charge is 0.326 e. The minimum absolute atomic E-state index is 0.170. The highest BCUT2D eigenvalue weighted by Gasteiger charge is 2.32. The zero-order valence-electron chi connectivity index (χ0n) is 18.7. The van der Waals surface area contributed by atoms with Gasteiger partial charge in [-0.2, -0.15) is 4.31 Å². The number of halogens is 1. The monoisotopic (exact) mass is 525 g/mol. The second-order valence-corrected chi connectivity index (χ2v) is 13.0. The number of sulfonamides is 2. The van der Waals surface area contributed by atoms with Gasteiger partial charge in [-0.1, -0.05) is 29.8 Å². The molecule has 2 fully saturated rings. The van der Waals surface area contributed by atoms with Gasteiger partial charge in [-0.15, -0.1) is 0 Å². The Kier molecular flexibility index (Phi) is 7.63. The molecule has 4 rings (SSSR count). The maximum atomic E-state index is 12.8. The highest BCUT2D eigenvalue weighted by molar-refractivity contribution is 7.89. The van der Waals surface area contributed by atoms with Gasteiger partial charge in [-0.05, 0) is 61.6 Å². The van der Waals surface area contributed by atoms with Gasteiger partial charge in [-0.25, -0.2) is 21.1 Å². The van der Waals surface area contributed by atoms with Crippen molar-refractivity contribution in [3.05, 3.63) is 59.1 Å². The van der Waals surface area contributed by atoms with Crippen LogP contribution in [0.5, 0.6) is 0 Å². The Morgan fingerprint density at radius 2 is 1.50 bits per heavy atom. The van der Waals surface area contributed by atoms with Crippen LogP contribution in [-0.4, -0.2) is 57.5 Å². The second kappa shape index (κ2) is 10.3. The summed E-state index contributed by atoms with van der Waals surface area (Å²) < 4.78 is 53.8. The van der Waals surface area contributed by atoms with E-state index in [1.807, 2.05) is 0 Å². The van der Waals surface area contributed by atoms with Crippen molar-refractivity contribution < 1.29 is 21.6 Å². The number of rotatable bonds is 7. The predicted octanol–water partition coefficient (Wildman–Crippen LogP) is 3.31. The molecular weight excluding hydrogens is 498 g/mol. The van der Waals surface area contributed by atoms with Crippen LogP contribution < -0.4 is 5.32 Å². The van der Waals surface area contributed by atoms with Gasteiger partial charge < -0.3 is 5.32 Å². The fourth-order valence-corrected chi connectivity index (χ4v) is 7.72. The van der Waals surface area contributed by atoms with Crippen molar-refractivity contribution in [1.82, 2.24) is 8.61 Å². The average Bonchev–Trinajstić information content (AvgIpc) is 3.37. The van der Waals surface area contributed by atoms with Gasteiger partial charge in [0, 0.05) is 42.8 Å². The lowest BCUT2D eigenvalue weighted by molar-refractivity contribution is -0.120. The van der Waals surface area contributed by atoms with Crippen LogP contribution in [0.2, 0.25) is 5.02 Å². The molecule has 0 saturated carbocycles. The molecule has 0 aliphatic carbocycles. The van der Waals surface area contributed by atoms with Crippen LogP contribution in [0.4, 0.5) is 5.69 Å². The average molecular weight is 526 g/mol. The molecule has 2 heterocycles. The van der Waals surface area contributed by atoms with Crippen LogP contribution in [0.1, 0.15) is 31.2 Å². The summed E-state index contributed by atoms with van der Waals surface area (Å²) in [5, 5.41) is 3.24. The number of hydrogen-bond acceptors (Lipinski definition) is 5. The normalized spacial score (nSPS) is 18.7. The van der Waals surface area contributed by atoms with Crippen molar-refractivity contribution in [3.8, 4) is 0 Å². The fourth-order valence-electron chi connectivity index (χ4n) is 4.33. The van der Waals surface area contributed by atoms with E-state index in [0.717, 1.165) is 12.8 Å². The van der Waals surface area contributed by atoms with Crippen molar-refractivity contribution in [1.29, 1.82) is 0 Å². The maximum absolute atomic E-state index is 12.8. The summed E-state index contributed by atoms with van der Waals surface area (Å²) in [6, 6.07) is 13.1. The van der Waals surface area contributed by atoms with Crippen LogP contribution >= 0.6 is 11.6 Å². The Morgan fingerprint density at radius 3 is 2.12 bits per heavy atom. The lowest BCUT2D eigenvalue weighted by Gasteiger charge is -2.30. The van der Waals surface area contributed by atoms with E-state index in [-0.39, 0.29) is 35.6 Å². The summed E-state index contributed by atoms with van der Waals surface area (Å²) in [7, 11) is -7.04. The predicted molar refractivity (Wildman–Crippen MR) is 131 cm³/mol. The lowest BCUT2D eigenvalue weighted by atomic mass is 9.97. The topological polar surface area (TPSA) is 104 Å². The summed E-state index contributed by atoms with van der Waals surface area (Å²) in [5.41, 5.74) is 1.07. The second-order valence-electron chi connectivity index (χ2n) is 8.65. The molecule has 0 unspecified atom stereocenters. The molecule has 2 aromatic rings. The SMILES string of the molecule is O=C(Nc1ccc(S(=O)(=O)N2CCCC2)cc1)C1CCN(S(=O)(=O)Cc2ccccc2Cl)CC1. The fraction of sp³-hybridized carbons (Fsp3) is 0.435. The minimum Gasteiger partial charge on any atom is -0.326 e. The molecule has 0 bridgehead atoms. The summed E-state index contributed by atoms with van der Waals surface area (Å²) in [4.78, 5) is 12.9. The van der Waals surface area contributed by atoms with Crippen LogP contribution in [0.3, 0.4) is 0 Å². The maximum Gasteiger partial charge on any atom is 0.243 e. The number of nitrogens with one attached hydrogen (secondary N) is 1. The first-order valence-corrected chi connectivity index (χ1v) is 14.7. The Morgan fingerprint density at radius 1 is 0.882 bits per heavy atom. The van der Waals surface area contributed by atoms with Gasteiger partial charge in [0.2, 0.25) is 26.0 Å². The third-order valence-corrected chi connectivity index (χ3v) is 10.4. The van der Waals surface area contributed by atoms with E-state index in [2.05, 4.69) is 5.32 Å². The molecule has 1 amide bonds. The molecule has 34 heavy (non-hydrogen) atoms. The van der Waals surface area contributed by atoms with E-state index in [9.17, 15) is 21.6 Å². The molecule has 0 aromatic heterocycles. The van der Waals surface area contributed by atoms with Crippen LogP contribution in [0, 0.1) is 5.92 Å².